The molecular formula is C13H16BrN3. The zero-order valence-electron chi connectivity index (χ0n) is 10.3. The largest absolute Gasteiger partial charge is 0.314 e. The van der Waals surface area contributed by atoms with Gasteiger partial charge < -0.3 is 5.32 Å². The van der Waals surface area contributed by atoms with Crippen molar-refractivity contribution in [2.24, 2.45) is 7.05 Å². The average molecular weight is 294 g/mol. The molecule has 2 rings (SSSR count). The first-order chi connectivity index (χ1) is 8.13. The summed E-state index contributed by atoms with van der Waals surface area (Å²) in [5.41, 5.74) is 4.66. The Morgan fingerprint density at radius 3 is 2.82 bits per heavy atom. The fourth-order valence-corrected chi connectivity index (χ4v) is 2.39. The third-order valence-corrected chi connectivity index (χ3v) is 3.36. The smallest absolute Gasteiger partial charge is 0.0955 e. The Morgan fingerprint density at radius 1 is 1.41 bits per heavy atom. The van der Waals surface area contributed by atoms with E-state index >= 15 is 0 Å². The maximum absolute atomic E-state index is 4.60. The first-order valence-corrected chi connectivity index (χ1v) is 6.35. The molecule has 0 aliphatic heterocycles. The van der Waals surface area contributed by atoms with E-state index in [1.54, 1.807) is 0 Å². The van der Waals surface area contributed by atoms with Crippen molar-refractivity contribution in [3.8, 4) is 11.3 Å². The van der Waals surface area contributed by atoms with Gasteiger partial charge in [0.15, 0.2) is 0 Å². The lowest BCUT2D eigenvalue weighted by atomic mass is 10.1. The van der Waals surface area contributed by atoms with Crippen molar-refractivity contribution in [3.63, 3.8) is 0 Å². The molecule has 1 N–H and O–H groups in total. The number of rotatable bonds is 3. The molecule has 17 heavy (non-hydrogen) atoms. The summed E-state index contributed by atoms with van der Waals surface area (Å²) >= 11 is 3.49. The second kappa shape index (κ2) is 5.02. The number of benzene rings is 1. The van der Waals surface area contributed by atoms with E-state index in [2.05, 4.69) is 45.4 Å². The van der Waals surface area contributed by atoms with Crippen molar-refractivity contribution in [1.29, 1.82) is 0 Å². The molecule has 0 aliphatic rings. The Kier molecular flexibility index (Phi) is 3.64. The molecule has 3 nitrogen and oxygen atoms in total. The monoisotopic (exact) mass is 293 g/mol. The Morgan fingerprint density at radius 2 is 2.18 bits per heavy atom. The van der Waals surface area contributed by atoms with Crippen molar-refractivity contribution >= 4 is 15.9 Å². The fourth-order valence-electron chi connectivity index (χ4n) is 1.99. The van der Waals surface area contributed by atoms with Crippen LogP contribution in [0.4, 0.5) is 0 Å². The minimum absolute atomic E-state index is 0.837. The summed E-state index contributed by atoms with van der Waals surface area (Å²) in [4.78, 5) is 0. The van der Waals surface area contributed by atoms with Gasteiger partial charge in [-0.25, -0.2) is 0 Å². The molecule has 0 amide bonds. The predicted molar refractivity (Wildman–Crippen MR) is 73.8 cm³/mol. The van der Waals surface area contributed by atoms with Gasteiger partial charge in [-0.05, 0) is 31.7 Å². The van der Waals surface area contributed by atoms with Gasteiger partial charge >= 0.3 is 0 Å². The highest BCUT2D eigenvalue weighted by molar-refractivity contribution is 9.10. The summed E-state index contributed by atoms with van der Waals surface area (Å²) in [5.74, 6) is 0. The van der Waals surface area contributed by atoms with Crippen LogP contribution in [0.3, 0.4) is 0 Å². The lowest BCUT2D eigenvalue weighted by molar-refractivity contribution is 0.671. The first kappa shape index (κ1) is 12.3. The SMILES string of the molecule is CNCc1c(C)c(-c2cccc(Br)c2)nn1C. The summed E-state index contributed by atoms with van der Waals surface area (Å²) in [6.45, 7) is 2.96. The highest BCUT2D eigenvalue weighted by Gasteiger charge is 2.13. The average Bonchev–Trinajstić information content (AvgIpc) is 2.57. The van der Waals surface area contributed by atoms with Gasteiger partial charge in [-0.2, -0.15) is 5.10 Å². The summed E-state index contributed by atoms with van der Waals surface area (Å²) in [7, 11) is 3.94. The van der Waals surface area contributed by atoms with Crippen LogP contribution in [0.5, 0.6) is 0 Å². The molecule has 0 atom stereocenters. The summed E-state index contributed by atoms with van der Waals surface area (Å²) < 4.78 is 3.03. The normalized spacial score (nSPS) is 10.8. The fraction of sp³-hybridized carbons (Fsp3) is 0.308. The lowest BCUT2D eigenvalue weighted by Gasteiger charge is -2.02. The molecule has 1 aromatic heterocycles. The molecule has 0 saturated heterocycles. The summed E-state index contributed by atoms with van der Waals surface area (Å²) in [5, 5.41) is 7.77. The quantitative estimate of drug-likeness (QED) is 0.943. The Hall–Kier alpha value is -1.13. The second-order valence-electron chi connectivity index (χ2n) is 4.08. The number of hydrogen-bond donors (Lipinski definition) is 1. The topological polar surface area (TPSA) is 29.9 Å². The van der Waals surface area contributed by atoms with Gasteiger partial charge in [-0.1, -0.05) is 28.1 Å². The van der Waals surface area contributed by atoms with Gasteiger partial charge in [-0.15, -0.1) is 0 Å². The van der Waals surface area contributed by atoms with Crippen molar-refractivity contribution < 1.29 is 0 Å². The van der Waals surface area contributed by atoms with E-state index < -0.39 is 0 Å². The molecule has 0 radical (unpaired) electrons. The summed E-state index contributed by atoms with van der Waals surface area (Å²) in [6.07, 6.45) is 0. The molecule has 0 spiro atoms. The molecule has 1 aromatic carbocycles. The molecule has 0 unspecified atom stereocenters. The molecule has 0 aliphatic carbocycles. The molecule has 0 bridgehead atoms. The van der Waals surface area contributed by atoms with Gasteiger partial charge in [0.25, 0.3) is 0 Å². The predicted octanol–water partition coefficient (Wildman–Crippen LogP) is 2.88. The van der Waals surface area contributed by atoms with Crippen LogP contribution in [0, 0.1) is 6.92 Å². The van der Waals surface area contributed by atoms with Crippen molar-refractivity contribution in [1.82, 2.24) is 15.1 Å². The molecular weight excluding hydrogens is 278 g/mol. The van der Waals surface area contributed by atoms with Gasteiger partial charge in [-0.3, -0.25) is 4.68 Å². The first-order valence-electron chi connectivity index (χ1n) is 5.56. The molecule has 90 valence electrons. The molecule has 2 aromatic rings. The van der Waals surface area contributed by atoms with Crippen LogP contribution in [0.2, 0.25) is 0 Å². The molecule has 1 heterocycles. The van der Waals surface area contributed by atoms with E-state index in [0.29, 0.717) is 0 Å². The van der Waals surface area contributed by atoms with E-state index in [1.165, 1.54) is 11.3 Å². The Bertz CT molecular complexity index is 531. The third-order valence-electron chi connectivity index (χ3n) is 2.87. The van der Waals surface area contributed by atoms with Crippen LogP contribution >= 0.6 is 15.9 Å². The zero-order chi connectivity index (χ0) is 12.4. The van der Waals surface area contributed by atoms with E-state index in [0.717, 1.165) is 22.3 Å². The molecule has 4 heteroatoms. The number of aromatic nitrogens is 2. The van der Waals surface area contributed by atoms with Crippen LogP contribution in [-0.2, 0) is 13.6 Å². The number of halogens is 1. The number of aryl methyl sites for hydroxylation is 1. The minimum Gasteiger partial charge on any atom is -0.314 e. The highest BCUT2D eigenvalue weighted by atomic mass is 79.9. The minimum atomic E-state index is 0.837. The van der Waals surface area contributed by atoms with Crippen LogP contribution < -0.4 is 5.32 Å². The van der Waals surface area contributed by atoms with Crippen LogP contribution in [-0.4, -0.2) is 16.8 Å². The van der Waals surface area contributed by atoms with E-state index in [1.807, 2.05) is 30.9 Å². The van der Waals surface area contributed by atoms with Gasteiger partial charge in [0, 0.05) is 23.6 Å². The third kappa shape index (κ3) is 2.42. The maximum Gasteiger partial charge on any atom is 0.0955 e. The van der Waals surface area contributed by atoms with Crippen molar-refractivity contribution in [2.45, 2.75) is 13.5 Å². The van der Waals surface area contributed by atoms with Crippen molar-refractivity contribution in [3.05, 3.63) is 40.0 Å². The van der Waals surface area contributed by atoms with Crippen LogP contribution in [0.25, 0.3) is 11.3 Å². The Labute approximate surface area is 110 Å². The summed E-state index contributed by atoms with van der Waals surface area (Å²) in [6, 6.07) is 8.24. The lowest BCUT2D eigenvalue weighted by Crippen LogP contribution is -2.10. The van der Waals surface area contributed by atoms with Crippen molar-refractivity contribution in [2.75, 3.05) is 7.05 Å². The molecule has 0 fully saturated rings. The zero-order valence-corrected chi connectivity index (χ0v) is 11.9. The van der Waals surface area contributed by atoms with E-state index in [4.69, 9.17) is 0 Å². The number of hydrogen-bond acceptors (Lipinski definition) is 2. The second-order valence-corrected chi connectivity index (χ2v) is 5.00. The van der Waals surface area contributed by atoms with Gasteiger partial charge in [0.1, 0.15) is 0 Å². The van der Waals surface area contributed by atoms with Gasteiger partial charge in [0.2, 0.25) is 0 Å². The highest BCUT2D eigenvalue weighted by Crippen LogP contribution is 2.26. The van der Waals surface area contributed by atoms with E-state index in [-0.39, 0.29) is 0 Å². The standard InChI is InChI=1S/C13H16BrN3/c1-9-12(8-15-2)17(3)16-13(9)10-5-4-6-11(14)7-10/h4-7,15H,8H2,1-3H3. The van der Waals surface area contributed by atoms with Gasteiger partial charge in [0.05, 0.1) is 11.4 Å². The molecule has 0 saturated carbocycles. The maximum atomic E-state index is 4.60. The van der Waals surface area contributed by atoms with Crippen LogP contribution in [0.15, 0.2) is 28.7 Å². The van der Waals surface area contributed by atoms with E-state index in [9.17, 15) is 0 Å². The van der Waals surface area contributed by atoms with Crippen LogP contribution in [0.1, 0.15) is 11.3 Å². The number of nitrogens with one attached hydrogen (secondary N) is 1. The number of nitrogens with zero attached hydrogens (tertiary/aromatic N) is 2. The Balaban J connectivity index is 2.50.